The molecule has 3 nitrogen and oxygen atoms in total. The summed E-state index contributed by atoms with van der Waals surface area (Å²) >= 11 is 0.722. The summed E-state index contributed by atoms with van der Waals surface area (Å²) in [7, 11) is 0. The van der Waals surface area contributed by atoms with Gasteiger partial charge in [0, 0.05) is 18.1 Å². The molecule has 0 amide bonds. The van der Waals surface area contributed by atoms with E-state index < -0.39 is 12.0 Å². The molecule has 0 atom stereocenters. The first-order valence-electron chi connectivity index (χ1n) is 5.65. The predicted octanol–water partition coefficient (Wildman–Crippen LogP) is 3.52. The van der Waals surface area contributed by atoms with E-state index in [9.17, 15) is 13.2 Å². The molecule has 1 aromatic carbocycles. The third-order valence-corrected chi connectivity index (χ3v) is 3.12. The zero-order valence-corrected chi connectivity index (χ0v) is 11.0. The van der Waals surface area contributed by atoms with Crippen molar-refractivity contribution in [2.24, 2.45) is 0 Å². The van der Waals surface area contributed by atoms with E-state index in [0.29, 0.717) is 6.54 Å². The molecule has 0 saturated carbocycles. The van der Waals surface area contributed by atoms with Crippen molar-refractivity contribution in [2.45, 2.75) is 19.5 Å². The normalized spacial score (nSPS) is 11.6. The van der Waals surface area contributed by atoms with Gasteiger partial charge in [-0.1, -0.05) is 29.8 Å². The SMILES string of the molecule is Cc1cccc(CCNc2nc(C(F)(F)F)ns2)c1. The van der Waals surface area contributed by atoms with Crippen LogP contribution in [0.1, 0.15) is 17.0 Å². The highest BCUT2D eigenvalue weighted by Gasteiger charge is 2.36. The van der Waals surface area contributed by atoms with E-state index in [0.717, 1.165) is 29.1 Å². The van der Waals surface area contributed by atoms with Crippen molar-refractivity contribution in [3.05, 3.63) is 41.2 Å². The second-order valence-electron chi connectivity index (χ2n) is 4.09. The fourth-order valence-electron chi connectivity index (χ4n) is 1.59. The summed E-state index contributed by atoms with van der Waals surface area (Å²) in [5.74, 6) is -1.09. The van der Waals surface area contributed by atoms with Gasteiger partial charge in [-0.15, -0.1) is 0 Å². The van der Waals surface area contributed by atoms with E-state index in [-0.39, 0.29) is 5.13 Å². The lowest BCUT2D eigenvalue weighted by atomic mass is 10.1. The lowest BCUT2D eigenvalue weighted by molar-refractivity contribution is -0.144. The maximum Gasteiger partial charge on any atom is 0.452 e. The number of halogens is 3. The van der Waals surface area contributed by atoms with Crippen molar-refractivity contribution >= 4 is 16.7 Å². The molecule has 0 aliphatic carbocycles. The van der Waals surface area contributed by atoms with Crippen LogP contribution in [0.3, 0.4) is 0 Å². The quantitative estimate of drug-likeness (QED) is 0.935. The van der Waals surface area contributed by atoms with Gasteiger partial charge in [0.15, 0.2) is 0 Å². The largest absolute Gasteiger partial charge is 0.452 e. The molecule has 102 valence electrons. The van der Waals surface area contributed by atoms with Crippen LogP contribution in [0.5, 0.6) is 0 Å². The predicted molar refractivity (Wildman–Crippen MR) is 68.3 cm³/mol. The van der Waals surface area contributed by atoms with Crippen molar-refractivity contribution in [3.8, 4) is 0 Å². The molecule has 2 aromatic rings. The molecule has 0 fully saturated rings. The molecule has 1 heterocycles. The zero-order chi connectivity index (χ0) is 13.9. The van der Waals surface area contributed by atoms with E-state index in [1.54, 1.807) is 0 Å². The molecule has 1 aromatic heterocycles. The molecule has 2 rings (SSSR count). The number of aryl methyl sites for hydroxylation is 1. The summed E-state index contributed by atoms with van der Waals surface area (Å²) < 4.78 is 40.1. The third-order valence-electron chi connectivity index (χ3n) is 2.45. The van der Waals surface area contributed by atoms with Gasteiger partial charge in [-0.05, 0) is 18.9 Å². The van der Waals surface area contributed by atoms with E-state index >= 15 is 0 Å². The van der Waals surface area contributed by atoms with Gasteiger partial charge in [-0.3, -0.25) is 0 Å². The highest BCUT2D eigenvalue weighted by Crippen LogP contribution is 2.28. The first-order chi connectivity index (χ1) is 8.95. The summed E-state index contributed by atoms with van der Waals surface area (Å²) in [4.78, 5) is 3.40. The van der Waals surface area contributed by atoms with E-state index in [1.807, 2.05) is 31.2 Å². The maximum atomic E-state index is 12.3. The monoisotopic (exact) mass is 287 g/mol. The highest BCUT2D eigenvalue weighted by molar-refractivity contribution is 7.09. The Balaban J connectivity index is 1.88. The Morgan fingerprint density at radius 3 is 2.74 bits per heavy atom. The zero-order valence-electron chi connectivity index (χ0n) is 10.2. The maximum absolute atomic E-state index is 12.3. The molecule has 0 bridgehead atoms. The Kier molecular flexibility index (Phi) is 4.04. The van der Waals surface area contributed by atoms with Crippen LogP contribution in [0, 0.1) is 6.92 Å². The number of nitrogens with zero attached hydrogens (tertiary/aromatic N) is 2. The Morgan fingerprint density at radius 1 is 1.32 bits per heavy atom. The fraction of sp³-hybridized carbons (Fsp3) is 0.333. The first kappa shape index (κ1) is 13.8. The molecular weight excluding hydrogens is 275 g/mol. The average Bonchev–Trinajstić information content (AvgIpc) is 2.77. The number of benzene rings is 1. The minimum atomic E-state index is -4.48. The smallest absolute Gasteiger partial charge is 0.360 e. The molecule has 0 aliphatic rings. The molecule has 1 N–H and O–H groups in total. The summed E-state index contributed by atoms with van der Waals surface area (Å²) in [6.07, 6.45) is -3.75. The Bertz CT molecular complexity index is 551. The van der Waals surface area contributed by atoms with Gasteiger partial charge in [-0.2, -0.15) is 22.5 Å². The van der Waals surface area contributed by atoms with Crippen molar-refractivity contribution < 1.29 is 13.2 Å². The number of anilines is 1. The van der Waals surface area contributed by atoms with Crippen LogP contribution >= 0.6 is 11.5 Å². The molecule has 19 heavy (non-hydrogen) atoms. The Hall–Kier alpha value is -1.63. The number of hydrogen-bond acceptors (Lipinski definition) is 4. The number of nitrogens with one attached hydrogen (secondary N) is 1. The topological polar surface area (TPSA) is 37.8 Å². The van der Waals surface area contributed by atoms with Crippen molar-refractivity contribution in [3.63, 3.8) is 0 Å². The molecule has 0 unspecified atom stereocenters. The van der Waals surface area contributed by atoms with Gasteiger partial charge >= 0.3 is 6.18 Å². The molecule has 0 spiro atoms. The number of aromatic nitrogens is 2. The number of rotatable bonds is 4. The van der Waals surface area contributed by atoms with Crippen molar-refractivity contribution in [1.82, 2.24) is 9.36 Å². The minimum absolute atomic E-state index is 0.194. The standard InChI is InChI=1S/C12H12F3N3S/c1-8-3-2-4-9(7-8)5-6-16-11-17-10(18-19-11)12(13,14)15/h2-4,7H,5-6H2,1H3,(H,16,17,18). The number of alkyl halides is 3. The Morgan fingerprint density at radius 2 is 2.11 bits per heavy atom. The van der Waals surface area contributed by atoms with Crippen LogP contribution in [0.15, 0.2) is 24.3 Å². The summed E-state index contributed by atoms with van der Waals surface area (Å²) in [6, 6.07) is 7.98. The van der Waals surface area contributed by atoms with Gasteiger partial charge in [0.05, 0.1) is 0 Å². The van der Waals surface area contributed by atoms with Gasteiger partial charge in [-0.25, -0.2) is 0 Å². The van der Waals surface area contributed by atoms with Crippen LogP contribution in [-0.2, 0) is 12.6 Å². The molecule has 7 heteroatoms. The van der Waals surface area contributed by atoms with Crippen LogP contribution < -0.4 is 5.32 Å². The molecule has 0 radical (unpaired) electrons. The van der Waals surface area contributed by atoms with Crippen LogP contribution in [0.25, 0.3) is 0 Å². The second kappa shape index (κ2) is 5.56. The number of hydrogen-bond donors (Lipinski definition) is 1. The van der Waals surface area contributed by atoms with Crippen LogP contribution in [-0.4, -0.2) is 15.9 Å². The Labute approximate surface area is 112 Å². The van der Waals surface area contributed by atoms with Gasteiger partial charge < -0.3 is 5.32 Å². The average molecular weight is 287 g/mol. The van der Waals surface area contributed by atoms with Crippen LogP contribution in [0.4, 0.5) is 18.3 Å². The summed E-state index contributed by atoms with van der Waals surface area (Å²) in [5.41, 5.74) is 2.29. The lowest BCUT2D eigenvalue weighted by Crippen LogP contribution is -2.08. The van der Waals surface area contributed by atoms with Crippen molar-refractivity contribution in [1.29, 1.82) is 0 Å². The first-order valence-corrected chi connectivity index (χ1v) is 6.43. The highest BCUT2D eigenvalue weighted by atomic mass is 32.1. The lowest BCUT2D eigenvalue weighted by Gasteiger charge is -2.03. The minimum Gasteiger partial charge on any atom is -0.360 e. The van der Waals surface area contributed by atoms with E-state index in [4.69, 9.17) is 0 Å². The second-order valence-corrected chi connectivity index (χ2v) is 4.84. The fourth-order valence-corrected chi connectivity index (χ4v) is 2.20. The van der Waals surface area contributed by atoms with Gasteiger partial charge in [0.25, 0.3) is 0 Å². The van der Waals surface area contributed by atoms with E-state index in [1.165, 1.54) is 0 Å². The molecule has 0 saturated heterocycles. The molecule has 0 aliphatic heterocycles. The summed E-state index contributed by atoms with van der Waals surface area (Å²) in [5, 5.41) is 3.04. The molecular formula is C12H12F3N3S. The van der Waals surface area contributed by atoms with Gasteiger partial charge in [0.1, 0.15) is 0 Å². The van der Waals surface area contributed by atoms with E-state index in [2.05, 4.69) is 14.7 Å². The summed E-state index contributed by atoms with van der Waals surface area (Å²) in [6.45, 7) is 2.52. The van der Waals surface area contributed by atoms with Crippen molar-refractivity contribution in [2.75, 3.05) is 11.9 Å². The van der Waals surface area contributed by atoms with Gasteiger partial charge in [0.2, 0.25) is 11.0 Å². The third kappa shape index (κ3) is 3.92. The van der Waals surface area contributed by atoms with Crippen LogP contribution in [0.2, 0.25) is 0 Å².